The summed E-state index contributed by atoms with van der Waals surface area (Å²) in [6.45, 7) is 2.30. The first kappa shape index (κ1) is 12.3. The molecule has 4 nitrogen and oxygen atoms in total. The highest BCUT2D eigenvalue weighted by Gasteiger charge is 2.36. The number of carbonyl (C=O) groups is 2. The summed E-state index contributed by atoms with van der Waals surface area (Å²) in [6, 6.07) is 3.94. The van der Waals surface area contributed by atoms with Gasteiger partial charge in [-0.05, 0) is 44.1 Å². The van der Waals surface area contributed by atoms with Crippen molar-refractivity contribution in [1.29, 1.82) is 0 Å². The number of hydrogen-bond acceptors (Lipinski definition) is 3. The number of ketones is 1. The number of benzene rings is 1. The van der Waals surface area contributed by atoms with Crippen LogP contribution in [0, 0.1) is 5.82 Å². The van der Waals surface area contributed by atoms with E-state index in [4.69, 9.17) is 0 Å². The molecule has 0 N–H and O–H groups in total. The minimum atomic E-state index is -0.605. The van der Waals surface area contributed by atoms with Crippen molar-refractivity contribution in [2.75, 3.05) is 24.7 Å². The van der Waals surface area contributed by atoms with Crippen LogP contribution in [-0.4, -0.2) is 36.3 Å². The zero-order valence-electron chi connectivity index (χ0n) is 10.6. The first-order chi connectivity index (χ1) is 9.16. The predicted octanol–water partition coefficient (Wildman–Crippen LogP) is 1.80. The van der Waals surface area contributed by atoms with Crippen molar-refractivity contribution >= 4 is 17.4 Å². The van der Waals surface area contributed by atoms with Crippen molar-refractivity contribution in [2.45, 2.75) is 19.3 Å². The Hall–Kier alpha value is -1.75. The Morgan fingerprint density at radius 2 is 1.84 bits per heavy atom. The molecule has 0 spiro atoms. The molecule has 19 heavy (non-hydrogen) atoms. The fourth-order valence-electron chi connectivity index (χ4n) is 2.71. The topological polar surface area (TPSA) is 40.6 Å². The van der Waals surface area contributed by atoms with Crippen molar-refractivity contribution < 1.29 is 14.0 Å². The number of hydrogen-bond donors (Lipinski definition) is 0. The van der Waals surface area contributed by atoms with E-state index in [0.717, 1.165) is 32.0 Å². The molecule has 0 radical (unpaired) electrons. The van der Waals surface area contributed by atoms with Crippen LogP contribution in [0.3, 0.4) is 0 Å². The zero-order chi connectivity index (χ0) is 13.4. The lowest BCUT2D eigenvalue weighted by atomic mass is 10.1. The van der Waals surface area contributed by atoms with Gasteiger partial charge >= 0.3 is 5.91 Å². The molecule has 1 fully saturated rings. The number of carbonyl (C=O) groups excluding carboxylic acids is 2. The Bertz CT molecular complexity index is 538. The lowest BCUT2D eigenvalue weighted by Gasteiger charge is -2.30. The summed E-state index contributed by atoms with van der Waals surface area (Å²) in [6.07, 6.45) is 3.45. The third kappa shape index (κ3) is 2.14. The van der Waals surface area contributed by atoms with Gasteiger partial charge in [0.25, 0.3) is 5.78 Å². The Morgan fingerprint density at radius 1 is 1.11 bits per heavy atom. The molecule has 3 rings (SSSR count). The molecule has 0 aromatic heterocycles. The summed E-state index contributed by atoms with van der Waals surface area (Å²) in [4.78, 5) is 27.4. The fourth-order valence-corrected chi connectivity index (χ4v) is 2.71. The second-order valence-electron chi connectivity index (χ2n) is 5.04. The highest BCUT2D eigenvalue weighted by molar-refractivity contribution is 6.52. The summed E-state index contributed by atoms with van der Waals surface area (Å²) in [7, 11) is 0. The minimum Gasteiger partial charge on any atom is -0.291 e. The van der Waals surface area contributed by atoms with Crippen LogP contribution in [0.1, 0.15) is 29.6 Å². The quantitative estimate of drug-likeness (QED) is 0.763. The van der Waals surface area contributed by atoms with E-state index < -0.39 is 17.5 Å². The third-order valence-corrected chi connectivity index (χ3v) is 3.72. The SMILES string of the molecule is O=C1C(=O)N(CN2CCCCC2)c2ccc(F)cc21. The van der Waals surface area contributed by atoms with Gasteiger partial charge < -0.3 is 0 Å². The highest BCUT2D eigenvalue weighted by atomic mass is 19.1. The predicted molar refractivity (Wildman–Crippen MR) is 68.5 cm³/mol. The number of halogens is 1. The molecule has 100 valence electrons. The number of likely N-dealkylation sites (tertiary alicyclic amines) is 1. The van der Waals surface area contributed by atoms with Gasteiger partial charge in [0.1, 0.15) is 5.82 Å². The number of fused-ring (bicyclic) bond motifs is 1. The first-order valence-corrected chi connectivity index (χ1v) is 6.55. The van der Waals surface area contributed by atoms with Gasteiger partial charge in [-0.3, -0.25) is 19.4 Å². The monoisotopic (exact) mass is 262 g/mol. The molecule has 5 heteroatoms. The molecule has 0 unspecified atom stereocenters. The van der Waals surface area contributed by atoms with Crippen LogP contribution < -0.4 is 4.90 Å². The number of Topliss-reactive ketones (excluding diaryl/α,β-unsaturated/α-hetero) is 1. The van der Waals surface area contributed by atoms with Crippen LogP contribution >= 0.6 is 0 Å². The molecule has 0 saturated carbocycles. The number of piperidine rings is 1. The van der Waals surface area contributed by atoms with Gasteiger partial charge in [0, 0.05) is 0 Å². The number of amides is 1. The minimum absolute atomic E-state index is 0.182. The molecular weight excluding hydrogens is 247 g/mol. The largest absolute Gasteiger partial charge is 0.300 e. The average molecular weight is 262 g/mol. The van der Waals surface area contributed by atoms with E-state index in [9.17, 15) is 14.0 Å². The van der Waals surface area contributed by atoms with E-state index in [1.165, 1.54) is 23.5 Å². The van der Waals surface area contributed by atoms with E-state index in [-0.39, 0.29) is 5.56 Å². The number of anilines is 1. The molecule has 1 saturated heterocycles. The molecule has 0 atom stereocenters. The summed E-state index contributed by atoms with van der Waals surface area (Å²) in [5.74, 6) is -1.64. The van der Waals surface area contributed by atoms with E-state index in [1.54, 1.807) is 0 Å². The lowest BCUT2D eigenvalue weighted by molar-refractivity contribution is -0.114. The van der Waals surface area contributed by atoms with Crippen LogP contribution in [0.25, 0.3) is 0 Å². The molecule has 1 aromatic carbocycles. The van der Waals surface area contributed by atoms with Gasteiger partial charge in [-0.15, -0.1) is 0 Å². The standard InChI is InChI=1S/C14H15FN2O2/c15-10-4-5-12-11(8-10)13(18)14(19)17(12)9-16-6-2-1-3-7-16/h4-5,8H,1-3,6-7,9H2. The second-order valence-corrected chi connectivity index (χ2v) is 5.04. The van der Waals surface area contributed by atoms with Crippen molar-refractivity contribution in [3.05, 3.63) is 29.6 Å². The highest BCUT2D eigenvalue weighted by Crippen LogP contribution is 2.29. The van der Waals surface area contributed by atoms with Crippen molar-refractivity contribution in [2.24, 2.45) is 0 Å². The summed E-state index contributed by atoms with van der Waals surface area (Å²) in [5.41, 5.74) is 0.712. The van der Waals surface area contributed by atoms with E-state index in [0.29, 0.717) is 12.4 Å². The van der Waals surface area contributed by atoms with Gasteiger partial charge in [0.05, 0.1) is 17.9 Å². The molecule has 0 bridgehead atoms. The smallest absolute Gasteiger partial charge is 0.291 e. The van der Waals surface area contributed by atoms with Gasteiger partial charge in [0.15, 0.2) is 0 Å². The normalized spacial score (nSPS) is 19.9. The molecule has 2 heterocycles. The maximum atomic E-state index is 13.2. The third-order valence-electron chi connectivity index (χ3n) is 3.72. The second kappa shape index (κ2) is 4.74. The van der Waals surface area contributed by atoms with Crippen molar-refractivity contribution in [3.8, 4) is 0 Å². The average Bonchev–Trinajstić information content (AvgIpc) is 2.65. The van der Waals surface area contributed by atoms with Crippen LogP contribution in [0.5, 0.6) is 0 Å². The van der Waals surface area contributed by atoms with Crippen molar-refractivity contribution in [1.82, 2.24) is 4.90 Å². The number of rotatable bonds is 2. The van der Waals surface area contributed by atoms with E-state index in [1.807, 2.05) is 0 Å². The van der Waals surface area contributed by atoms with Crippen LogP contribution in [0.2, 0.25) is 0 Å². The lowest BCUT2D eigenvalue weighted by Crippen LogP contribution is -2.43. The fraction of sp³-hybridized carbons (Fsp3) is 0.429. The van der Waals surface area contributed by atoms with Gasteiger partial charge in [-0.1, -0.05) is 6.42 Å². The zero-order valence-corrected chi connectivity index (χ0v) is 10.6. The molecule has 1 aromatic rings. The van der Waals surface area contributed by atoms with Crippen LogP contribution in [0.4, 0.5) is 10.1 Å². The molecular formula is C14H15FN2O2. The van der Waals surface area contributed by atoms with E-state index in [2.05, 4.69) is 4.90 Å². The molecule has 1 amide bonds. The Balaban J connectivity index is 1.86. The van der Waals surface area contributed by atoms with Crippen LogP contribution in [0.15, 0.2) is 18.2 Å². The Morgan fingerprint density at radius 3 is 2.58 bits per heavy atom. The van der Waals surface area contributed by atoms with Gasteiger partial charge in [-0.25, -0.2) is 4.39 Å². The molecule has 2 aliphatic heterocycles. The van der Waals surface area contributed by atoms with E-state index >= 15 is 0 Å². The first-order valence-electron chi connectivity index (χ1n) is 6.55. The van der Waals surface area contributed by atoms with Crippen molar-refractivity contribution in [3.63, 3.8) is 0 Å². The van der Waals surface area contributed by atoms with Crippen LogP contribution in [-0.2, 0) is 4.79 Å². The van der Waals surface area contributed by atoms with Gasteiger partial charge in [-0.2, -0.15) is 0 Å². The number of nitrogens with zero attached hydrogens (tertiary/aromatic N) is 2. The van der Waals surface area contributed by atoms with Gasteiger partial charge in [0.2, 0.25) is 0 Å². The Labute approximate surface area is 110 Å². The summed E-state index contributed by atoms with van der Waals surface area (Å²) in [5, 5.41) is 0. The summed E-state index contributed by atoms with van der Waals surface area (Å²) < 4.78 is 13.2. The molecule has 0 aliphatic carbocycles. The Kier molecular flexibility index (Phi) is 3.06. The maximum Gasteiger partial charge on any atom is 0.300 e. The maximum absolute atomic E-state index is 13.2. The summed E-state index contributed by atoms with van der Waals surface area (Å²) >= 11 is 0. The molecule has 2 aliphatic rings.